The number of nitrogens with zero attached hydrogens (tertiary/aromatic N) is 2. The molecule has 1 heterocycles. The first kappa shape index (κ1) is 22.2. The van der Waals surface area contributed by atoms with Gasteiger partial charge in [0.25, 0.3) is 11.5 Å². The van der Waals surface area contributed by atoms with Crippen molar-refractivity contribution in [1.82, 2.24) is 9.55 Å². The third-order valence-corrected chi connectivity index (χ3v) is 4.68. The van der Waals surface area contributed by atoms with Crippen molar-refractivity contribution in [2.45, 2.75) is 53.0 Å². The molecule has 3 N–H and O–H groups in total. The molecule has 0 saturated heterocycles. The molecular weight excluding hydrogens is 368 g/mol. The van der Waals surface area contributed by atoms with E-state index in [9.17, 15) is 14.4 Å². The number of aryl methyl sites for hydroxylation is 1. The first-order valence-electron chi connectivity index (χ1n) is 10.1. The van der Waals surface area contributed by atoms with Crippen LogP contribution in [0.4, 0.5) is 11.5 Å². The molecule has 29 heavy (non-hydrogen) atoms. The fraction of sp³-hybridized carbons (Fsp3) is 0.409. The number of benzene rings is 1. The van der Waals surface area contributed by atoms with Crippen LogP contribution in [0.2, 0.25) is 0 Å². The van der Waals surface area contributed by atoms with Crippen molar-refractivity contribution >= 4 is 23.5 Å². The molecule has 1 amide bonds. The predicted molar refractivity (Wildman–Crippen MR) is 118 cm³/mol. The Bertz CT molecular complexity index is 988. The molecule has 1 aromatic carbocycles. The summed E-state index contributed by atoms with van der Waals surface area (Å²) in [6.07, 6.45) is 6.32. The average molecular weight is 399 g/mol. The molecule has 2 rings (SSSR count). The maximum absolute atomic E-state index is 13.0. The smallest absolute Gasteiger partial charge is 0.330 e. The summed E-state index contributed by atoms with van der Waals surface area (Å²) >= 11 is 0. The van der Waals surface area contributed by atoms with Gasteiger partial charge in [-0.1, -0.05) is 56.5 Å². The van der Waals surface area contributed by atoms with E-state index in [0.29, 0.717) is 19.5 Å². The first-order valence-corrected chi connectivity index (χ1v) is 10.1. The number of H-pyrrole nitrogens is 1. The summed E-state index contributed by atoms with van der Waals surface area (Å²) < 4.78 is 1.33. The summed E-state index contributed by atoms with van der Waals surface area (Å²) in [5.41, 5.74) is 7.01. The van der Waals surface area contributed by atoms with Crippen LogP contribution in [0.25, 0.3) is 6.08 Å². The molecule has 0 aliphatic rings. The molecule has 0 aliphatic carbocycles. The third kappa shape index (κ3) is 5.70. The van der Waals surface area contributed by atoms with E-state index < -0.39 is 11.2 Å². The van der Waals surface area contributed by atoms with Gasteiger partial charge in [-0.3, -0.25) is 19.1 Å². The van der Waals surface area contributed by atoms with Crippen molar-refractivity contribution in [3.63, 3.8) is 0 Å². The molecule has 0 fully saturated rings. The highest BCUT2D eigenvalue weighted by atomic mass is 16.2. The molecule has 0 radical (unpaired) electrons. The predicted octanol–water partition coefficient (Wildman–Crippen LogP) is 3.07. The molecule has 0 unspecified atom stereocenters. The molecule has 1 aromatic heterocycles. The van der Waals surface area contributed by atoms with Gasteiger partial charge in [-0.05, 0) is 31.4 Å². The van der Waals surface area contributed by atoms with E-state index in [0.717, 1.165) is 30.4 Å². The van der Waals surface area contributed by atoms with E-state index in [2.05, 4.69) is 4.98 Å². The molecule has 0 aliphatic heterocycles. The first-order chi connectivity index (χ1) is 13.9. The summed E-state index contributed by atoms with van der Waals surface area (Å²) in [4.78, 5) is 41.4. The summed E-state index contributed by atoms with van der Waals surface area (Å²) in [6.45, 7) is 6.71. The van der Waals surface area contributed by atoms with Crippen LogP contribution in [0.1, 0.15) is 50.7 Å². The van der Waals surface area contributed by atoms with Crippen molar-refractivity contribution in [3.8, 4) is 0 Å². The van der Waals surface area contributed by atoms with Crippen LogP contribution in [0.5, 0.6) is 0 Å². The lowest BCUT2D eigenvalue weighted by Crippen LogP contribution is -2.41. The summed E-state index contributed by atoms with van der Waals surface area (Å²) in [7, 11) is 0. The van der Waals surface area contributed by atoms with Crippen LogP contribution < -0.4 is 21.9 Å². The Hall–Kier alpha value is -3.09. The number of aromatic amines is 1. The Labute approximate surface area is 170 Å². The maximum Gasteiger partial charge on any atom is 0.330 e. The second-order valence-electron chi connectivity index (χ2n) is 7.09. The SMILES string of the molecule is CCCCN(C(=O)/C=C/c1cccc(C)c1)c1c(N)n(CCCC)c(=O)[nH]c1=O. The summed E-state index contributed by atoms with van der Waals surface area (Å²) in [5.74, 6) is -0.321. The van der Waals surface area contributed by atoms with Gasteiger partial charge < -0.3 is 10.6 Å². The number of aromatic nitrogens is 2. The van der Waals surface area contributed by atoms with Gasteiger partial charge in [0.1, 0.15) is 5.82 Å². The lowest BCUT2D eigenvalue weighted by Gasteiger charge is -2.23. The average Bonchev–Trinajstić information content (AvgIpc) is 2.68. The van der Waals surface area contributed by atoms with Gasteiger partial charge in [0.05, 0.1) is 0 Å². The number of hydrogen-bond donors (Lipinski definition) is 2. The number of rotatable bonds is 9. The number of carbonyl (C=O) groups excluding carboxylic acids is 1. The standard InChI is InChI=1S/C22H30N4O3/c1-4-6-13-25(18(27)12-11-17-10-8-9-16(3)15-17)19-20(23)26(14-7-5-2)22(29)24-21(19)28/h8-12,15H,4-7,13-14,23H2,1-3H3,(H,24,28,29)/b12-11+. The van der Waals surface area contributed by atoms with Crippen LogP contribution in [0.3, 0.4) is 0 Å². The number of unbranched alkanes of at least 4 members (excludes halogenated alkanes) is 2. The minimum atomic E-state index is -0.645. The number of anilines is 2. The number of nitrogens with one attached hydrogen (secondary N) is 1. The molecule has 0 saturated carbocycles. The van der Waals surface area contributed by atoms with Crippen molar-refractivity contribution in [2.24, 2.45) is 0 Å². The Kier molecular flexibility index (Phi) is 8.00. The molecule has 0 bridgehead atoms. The quantitative estimate of drug-likeness (QED) is 0.634. The van der Waals surface area contributed by atoms with Gasteiger partial charge in [0.15, 0.2) is 5.69 Å². The summed E-state index contributed by atoms with van der Waals surface area (Å²) in [5, 5.41) is 0. The number of amides is 1. The van der Waals surface area contributed by atoms with E-state index in [-0.39, 0.29) is 17.4 Å². The van der Waals surface area contributed by atoms with Crippen molar-refractivity contribution in [2.75, 3.05) is 17.2 Å². The van der Waals surface area contributed by atoms with E-state index in [4.69, 9.17) is 5.73 Å². The van der Waals surface area contributed by atoms with Crippen molar-refractivity contribution in [3.05, 3.63) is 62.3 Å². The van der Waals surface area contributed by atoms with Gasteiger partial charge in [0.2, 0.25) is 0 Å². The van der Waals surface area contributed by atoms with E-state index in [1.165, 1.54) is 15.5 Å². The fourth-order valence-corrected chi connectivity index (χ4v) is 3.06. The van der Waals surface area contributed by atoms with Crippen molar-refractivity contribution in [1.29, 1.82) is 0 Å². The molecule has 7 heteroatoms. The summed E-state index contributed by atoms with van der Waals surface area (Å²) in [6, 6.07) is 7.76. The zero-order valence-electron chi connectivity index (χ0n) is 17.4. The van der Waals surface area contributed by atoms with Gasteiger partial charge in [-0.2, -0.15) is 0 Å². The number of hydrogen-bond acceptors (Lipinski definition) is 4. The number of nitrogens with two attached hydrogens (primary N) is 1. The lowest BCUT2D eigenvalue weighted by atomic mass is 10.1. The number of carbonyl (C=O) groups is 1. The Morgan fingerprint density at radius 2 is 1.93 bits per heavy atom. The Balaban J connectivity index is 2.45. The van der Waals surface area contributed by atoms with E-state index >= 15 is 0 Å². The van der Waals surface area contributed by atoms with Gasteiger partial charge in [-0.15, -0.1) is 0 Å². The third-order valence-electron chi connectivity index (χ3n) is 4.68. The second-order valence-corrected chi connectivity index (χ2v) is 7.09. The van der Waals surface area contributed by atoms with Gasteiger partial charge in [-0.25, -0.2) is 4.79 Å². The zero-order chi connectivity index (χ0) is 21.4. The Morgan fingerprint density at radius 1 is 1.21 bits per heavy atom. The van der Waals surface area contributed by atoms with E-state index in [1.54, 1.807) is 6.08 Å². The van der Waals surface area contributed by atoms with E-state index in [1.807, 2.05) is 45.0 Å². The minimum Gasteiger partial charge on any atom is -0.383 e. The topological polar surface area (TPSA) is 101 Å². The van der Waals surface area contributed by atoms with Crippen LogP contribution in [0, 0.1) is 6.92 Å². The second kappa shape index (κ2) is 10.5. The molecule has 0 spiro atoms. The molecule has 7 nitrogen and oxygen atoms in total. The molecule has 156 valence electrons. The molecular formula is C22H30N4O3. The zero-order valence-corrected chi connectivity index (χ0v) is 17.4. The highest BCUT2D eigenvalue weighted by Gasteiger charge is 2.22. The van der Waals surface area contributed by atoms with Crippen LogP contribution in [-0.4, -0.2) is 22.0 Å². The van der Waals surface area contributed by atoms with Crippen molar-refractivity contribution < 1.29 is 4.79 Å². The monoisotopic (exact) mass is 398 g/mol. The van der Waals surface area contributed by atoms with Crippen LogP contribution in [-0.2, 0) is 11.3 Å². The van der Waals surface area contributed by atoms with Gasteiger partial charge >= 0.3 is 5.69 Å². The molecule has 2 aromatic rings. The van der Waals surface area contributed by atoms with Gasteiger partial charge in [0, 0.05) is 19.2 Å². The molecule has 0 atom stereocenters. The minimum absolute atomic E-state index is 0.0283. The fourth-order valence-electron chi connectivity index (χ4n) is 3.06. The normalized spacial score (nSPS) is 11.1. The number of nitrogen functional groups attached to an aromatic ring is 1. The highest BCUT2D eigenvalue weighted by molar-refractivity contribution is 6.05. The maximum atomic E-state index is 13.0. The Morgan fingerprint density at radius 3 is 2.59 bits per heavy atom. The highest BCUT2D eigenvalue weighted by Crippen LogP contribution is 2.19. The van der Waals surface area contributed by atoms with Crippen LogP contribution >= 0.6 is 0 Å². The van der Waals surface area contributed by atoms with Crippen LogP contribution in [0.15, 0.2) is 39.9 Å². The lowest BCUT2D eigenvalue weighted by molar-refractivity contribution is -0.114. The largest absolute Gasteiger partial charge is 0.383 e.